The number of rotatable bonds is 6. The fourth-order valence-corrected chi connectivity index (χ4v) is 4.07. The van der Waals surface area contributed by atoms with Crippen LogP contribution in [0.5, 0.6) is 5.75 Å². The second-order valence-corrected chi connectivity index (χ2v) is 7.72. The molecule has 0 bridgehead atoms. The summed E-state index contributed by atoms with van der Waals surface area (Å²) >= 11 is 7.52. The minimum Gasteiger partial charge on any atom is -0.493 e. The van der Waals surface area contributed by atoms with E-state index in [-0.39, 0.29) is 12.3 Å². The third-order valence-electron chi connectivity index (χ3n) is 4.40. The number of halogens is 1. The third kappa shape index (κ3) is 4.11. The Hall–Kier alpha value is -2.90. The van der Waals surface area contributed by atoms with Crippen LogP contribution in [0.1, 0.15) is 12.6 Å². The van der Waals surface area contributed by atoms with Crippen molar-refractivity contribution in [2.75, 3.05) is 11.9 Å². The molecule has 2 heterocycles. The van der Waals surface area contributed by atoms with Crippen LogP contribution in [-0.4, -0.2) is 27.0 Å². The van der Waals surface area contributed by atoms with Crippen LogP contribution < -0.4 is 10.1 Å². The number of aryl methyl sites for hydroxylation is 1. The second kappa shape index (κ2) is 8.23. The predicted octanol–water partition coefficient (Wildman–Crippen LogP) is 4.93. The molecule has 6 nitrogen and oxygen atoms in total. The Morgan fingerprint density at radius 2 is 2.07 bits per heavy atom. The summed E-state index contributed by atoms with van der Waals surface area (Å²) in [6, 6.07) is 13.2. The van der Waals surface area contributed by atoms with Crippen LogP contribution in [0.2, 0.25) is 5.02 Å². The zero-order valence-corrected chi connectivity index (χ0v) is 17.5. The average molecular weight is 427 g/mol. The van der Waals surface area contributed by atoms with Crippen molar-refractivity contribution in [3.63, 3.8) is 0 Å². The van der Waals surface area contributed by atoms with Crippen molar-refractivity contribution >= 4 is 45.8 Å². The standard InChI is InChI=1S/C21H19ClN4O2S/c1-3-28-18-7-5-4-6-15(18)20-23-14(12-29-20)11-19(27)25-21-24-16-10-13(22)8-9-17(16)26(21)2/h4-10,12H,3,11H2,1-2H3,(H,24,25,27). The fourth-order valence-electron chi connectivity index (χ4n) is 3.05. The molecule has 0 aliphatic carbocycles. The Morgan fingerprint density at radius 3 is 2.90 bits per heavy atom. The number of amides is 1. The van der Waals surface area contributed by atoms with Gasteiger partial charge < -0.3 is 9.30 Å². The summed E-state index contributed by atoms with van der Waals surface area (Å²) in [4.78, 5) is 21.6. The van der Waals surface area contributed by atoms with Gasteiger partial charge in [0.15, 0.2) is 0 Å². The molecule has 148 valence electrons. The number of hydrogen-bond donors (Lipinski definition) is 1. The topological polar surface area (TPSA) is 69.0 Å². The van der Waals surface area contributed by atoms with Crippen LogP contribution >= 0.6 is 22.9 Å². The number of anilines is 1. The van der Waals surface area contributed by atoms with E-state index in [4.69, 9.17) is 16.3 Å². The first-order valence-corrected chi connectivity index (χ1v) is 10.4. The molecular formula is C21H19ClN4O2S. The van der Waals surface area contributed by atoms with Crippen LogP contribution in [0.25, 0.3) is 21.6 Å². The van der Waals surface area contributed by atoms with Gasteiger partial charge in [-0.15, -0.1) is 11.3 Å². The number of thiazole rings is 1. The summed E-state index contributed by atoms with van der Waals surface area (Å²) in [6.45, 7) is 2.53. The number of carbonyl (C=O) groups excluding carboxylic acids is 1. The fraction of sp³-hybridized carbons (Fsp3) is 0.190. The Morgan fingerprint density at radius 1 is 1.24 bits per heavy atom. The molecule has 0 spiro atoms. The first-order chi connectivity index (χ1) is 14.0. The highest BCUT2D eigenvalue weighted by Crippen LogP contribution is 2.32. The van der Waals surface area contributed by atoms with Gasteiger partial charge in [-0.25, -0.2) is 9.97 Å². The maximum absolute atomic E-state index is 12.5. The van der Waals surface area contributed by atoms with Crippen LogP contribution in [0.15, 0.2) is 47.8 Å². The molecule has 0 fully saturated rings. The van der Waals surface area contributed by atoms with E-state index in [1.807, 2.05) is 54.3 Å². The lowest BCUT2D eigenvalue weighted by Gasteiger charge is -2.07. The average Bonchev–Trinajstić information content (AvgIpc) is 3.27. The number of benzene rings is 2. The highest BCUT2D eigenvalue weighted by molar-refractivity contribution is 7.13. The van der Waals surface area contributed by atoms with Gasteiger partial charge in [-0.3, -0.25) is 10.1 Å². The van der Waals surface area contributed by atoms with Crippen LogP contribution in [0.4, 0.5) is 5.95 Å². The highest BCUT2D eigenvalue weighted by Gasteiger charge is 2.15. The summed E-state index contributed by atoms with van der Waals surface area (Å²) in [6.07, 6.45) is 0.164. The Bertz CT molecular complexity index is 1180. The van der Waals surface area contributed by atoms with Crippen molar-refractivity contribution < 1.29 is 9.53 Å². The van der Waals surface area contributed by atoms with Crippen molar-refractivity contribution in [2.24, 2.45) is 7.05 Å². The van der Waals surface area contributed by atoms with Gasteiger partial charge in [-0.1, -0.05) is 23.7 Å². The second-order valence-electron chi connectivity index (χ2n) is 6.43. The predicted molar refractivity (Wildman–Crippen MR) is 117 cm³/mol. The minimum atomic E-state index is -0.176. The summed E-state index contributed by atoms with van der Waals surface area (Å²) in [7, 11) is 1.85. The van der Waals surface area contributed by atoms with Gasteiger partial charge in [0.05, 0.1) is 35.3 Å². The molecule has 0 unspecified atom stereocenters. The van der Waals surface area contributed by atoms with E-state index in [1.165, 1.54) is 11.3 Å². The molecule has 2 aromatic heterocycles. The number of hydrogen-bond acceptors (Lipinski definition) is 5. The van der Waals surface area contributed by atoms with E-state index in [2.05, 4.69) is 15.3 Å². The van der Waals surface area contributed by atoms with Gasteiger partial charge in [0, 0.05) is 17.5 Å². The first-order valence-electron chi connectivity index (χ1n) is 9.13. The number of nitrogens with zero attached hydrogens (tertiary/aromatic N) is 3. The third-order valence-corrected chi connectivity index (χ3v) is 5.56. The number of fused-ring (bicyclic) bond motifs is 1. The Kier molecular flexibility index (Phi) is 5.51. The van der Waals surface area contributed by atoms with Gasteiger partial charge in [0.1, 0.15) is 10.8 Å². The molecule has 0 saturated carbocycles. The quantitative estimate of drug-likeness (QED) is 0.474. The molecule has 0 radical (unpaired) electrons. The van der Waals surface area contributed by atoms with Gasteiger partial charge in [-0.05, 0) is 37.3 Å². The van der Waals surface area contributed by atoms with Crippen molar-refractivity contribution in [3.05, 3.63) is 58.6 Å². The Labute approximate surface area is 177 Å². The summed E-state index contributed by atoms with van der Waals surface area (Å²) < 4.78 is 7.51. The summed E-state index contributed by atoms with van der Waals surface area (Å²) in [5, 5.41) is 6.19. The van der Waals surface area contributed by atoms with E-state index >= 15 is 0 Å². The molecule has 29 heavy (non-hydrogen) atoms. The summed E-state index contributed by atoms with van der Waals surface area (Å²) in [5.74, 6) is 1.09. The molecule has 0 atom stereocenters. The minimum absolute atomic E-state index is 0.164. The number of para-hydroxylation sites is 1. The number of aromatic nitrogens is 3. The van der Waals surface area contributed by atoms with E-state index in [1.54, 1.807) is 12.1 Å². The SMILES string of the molecule is CCOc1ccccc1-c1nc(CC(=O)Nc2nc3cc(Cl)ccc3n2C)cs1. The van der Waals surface area contributed by atoms with E-state index in [0.717, 1.165) is 27.4 Å². The lowest BCUT2D eigenvalue weighted by molar-refractivity contribution is -0.115. The number of carbonyl (C=O) groups is 1. The van der Waals surface area contributed by atoms with E-state index < -0.39 is 0 Å². The smallest absolute Gasteiger partial charge is 0.232 e. The molecule has 4 aromatic rings. The molecule has 8 heteroatoms. The number of imidazole rings is 1. The Balaban J connectivity index is 1.50. The van der Waals surface area contributed by atoms with Gasteiger partial charge in [0.2, 0.25) is 11.9 Å². The molecule has 0 saturated heterocycles. The van der Waals surface area contributed by atoms with Gasteiger partial charge in [0.25, 0.3) is 0 Å². The van der Waals surface area contributed by atoms with Crippen molar-refractivity contribution in [1.82, 2.24) is 14.5 Å². The molecule has 0 aliphatic rings. The highest BCUT2D eigenvalue weighted by atomic mass is 35.5. The molecule has 1 amide bonds. The van der Waals surface area contributed by atoms with Crippen molar-refractivity contribution in [2.45, 2.75) is 13.3 Å². The normalized spacial score (nSPS) is 11.0. The monoisotopic (exact) mass is 426 g/mol. The zero-order chi connectivity index (χ0) is 20.4. The number of nitrogens with one attached hydrogen (secondary N) is 1. The maximum atomic E-state index is 12.5. The molecular weight excluding hydrogens is 408 g/mol. The van der Waals surface area contributed by atoms with E-state index in [9.17, 15) is 4.79 Å². The van der Waals surface area contributed by atoms with Crippen LogP contribution in [0, 0.1) is 0 Å². The van der Waals surface area contributed by atoms with Crippen molar-refractivity contribution in [1.29, 1.82) is 0 Å². The molecule has 4 rings (SSSR count). The lowest BCUT2D eigenvalue weighted by atomic mass is 10.2. The van der Waals surface area contributed by atoms with Crippen LogP contribution in [0.3, 0.4) is 0 Å². The van der Waals surface area contributed by atoms with Crippen molar-refractivity contribution in [3.8, 4) is 16.3 Å². The molecule has 2 aromatic carbocycles. The first kappa shape index (κ1) is 19.4. The largest absolute Gasteiger partial charge is 0.493 e. The van der Waals surface area contributed by atoms with Gasteiger partial charge >= 0.3 is 0 Å². The molecule has 1 N–H and O–H groups in total. The maximum Gasteiger partial charge on any atom is 0.232 e. The summed E-state index contributed by atoms with van der Waals surface area (Å²) in [5.41, 5.74) is 3.26. The number of ether oxygens (including phenoxy) is 1. The zero-order valence-electron chi connectivity index (χ0n) is 16.0. The van der Waals surface area contributed by atoms with Crippen LogP contribution in [-0.2, 0) is 18.3 Å². The molecule has 0 aliphatic heterocycles. The van der Waals surface area contributed by atoms with Gasteiger partial charge in [-0.2, -0.15) is 0 Å². The lowest BCUT2D eigenvalue weighted by Crippen LogP contribution is -2.17. The van der Waals surface area contributed by atoms with E-state index in [0.29, 0.717) is 23.3 Å².